The molecule has 5 nitrogen and oxygen atoms in total. The van der Waals surface area contributed by atoms with Crippen LogP contribution in [-0.2, 0) is 0 Å². The summed E-state index contributed by atoms with van der Waals surface area (Å²) in [5.74, 6) is 0.0000491. The number of hydrogen-bond acceptors (Lipinski definition) is 4. The Morgan fingerprint density at radius 3 is 3.13 bits per heavy atom. The molecular weight excluding hydrogens is 192 g/mol. The van der Waals surface area contributed by atoms with Crippen molar-refractivity contribution in [3.8, 4) is 0 Å². The second kappa shape index (κ2) is 3.78. The smallest absolute Gasteiger partial charge is 0.167 e. The van der Waals surface area contributed by atoms with Gasteiger partial charge in [0.2, 0.25) is 0 Å². The van der Waals surface area contributed by atoms with Crippen LogP contribution in [0, 0.1) is 6.92 Å². The van der Waals surface area contributed by atoms with Crippen LogP contribution < -0.4 is 5.73 Å². The minimum atomic E-state index is 0.0000491. The number of aryl methyl sites for hydroxylation is 1. The van der Waals surface area contributed by atoms with Gasteiger partial charge >= 0.3 is 0 Å². The molecule has 0 aromatic carbocycles. The Labute approximate surface area is 86.9 Å². The van der Waals surface area contributed by atoms with E-state index in [0.717, 1.165) is 11.3 Å². The van der Waals surface area contributed by atoms with E-state index in [-0.39, 0.29) is 5.78 Å². The van der Waals surface area contributed by atoms with Crippen LogP contribution in [0.15, 0.2) is 18.5 Å². The van der Waals surface area contributed by atoms with Gasteiger partial charge in [0.25, 0.3) is 0 Å². The zero-order valence-electron chi connectivity index (χ0n) is 8.47. The SMILES string of the molecule is Cc1cc2ncc(C(=O)CCN)cn2n1. The zero-order valence-corrected chi connectivity index (χ0v) is 8.47. The van der Waals surface area contributed by atoms with Gasteiger partial charge in [0.05, 0.1) is 11.3 Å². The van der Waals surface area contributed by atoms with Gasteiger partial charge in [0.15, 0.2) is 11.4 Å². The average molecular weight is 204 g/mol. The number of hydrogen-bond donors (Lipinski definition) is 1. The molecule has 0 spiro atoms. The molecule has 0 aliphatic rings. The van der Waals surface area contributed by atoms with Gasteiger partial charge in [0.1, 0.15) is 0 Å². The first-order valence-corrected chi connectivity index (χ1v) is 4.76. The molecule has 0 amide bonds. The second-order valence-electron chi connectivity index (χ2n) is 3.39. The highest BCUT2D eigenvalue weighted by Crippen LogP contribution is 2.06. The molecule has 0 aliphatic heterocycles. The molecular formula is C10H12N4O. The molecule has 0 fully saturated rings. The predicted molar refractivity (Wildman–Crippen MR) is 55.7 cm³/mol. The normalized spacial score (nSPS) is 10.8. The number of rotatable bonds is 3. The lowest BCUT2D eigenvalue weighted by atomic mass is 10.2. The van der Waals surface area contributed by atoms with E-state index in [1.807, 2.05) is 13.0 Å². The van der Waals surface area contributed by atoms with E-state index in [9.17, 15) is 4.79 Å². The highest BCUT2D eigenvalue weighted by molar-refractivity contribution is 5.95. The lowest BCUT2D eigenvalue weighted by molar-refractivity contribution is 0.0984. The monoisotopic (exact) mass is 204 g/mol. The van der Waals surface area contributed by atoms with Crippen LogP contribution in [0.4, 0.5) is 0 Å². The minimum Gasteiger partial charge on any atom is -0.330 e. The number of aromatic nitrogens is 3. The summed E-state index contributed by atoms with van der Waals surface area (Å²) in [6.07, 6.45) is 3.59. The first-order valence-electron chi connectivity index (χ1n) is 4.76. The lowest BCUT2D eigenvalue weighted by Gasteiger charge is -1.98. The Morgan fingerprint density at radius 1 is 1.60 bits per heavy atom. The summed E-state index contributed by atoms with van der Waals surface area (Å²) < 4.78 is 1.61. The van der Waals surface area contributed by atoms with Crippen LogP contribution >= 0.6 is 0 Å². The molecule has 2 aromatic heterocycles. The summed E-state index contributed by atoms with van der Waals surface area (Å²) in [5.41, 5.74) is 7.50. The topological polar surface area (TPSA) is 73.3 Å². The quantitative estimate of drug-likeness (QED) is 0.742. The van der Waals surface area contributed by atoms with Crippen molar-refractivity contribution in [1.29, 1.82) is 0 Å². The van der Waals surface area contributed by atoms with Crippen LogP contribution in [0.2, 0.25) is 0 Å². The summed E-state index contributed by atoms with van der Waals surface area (Å²) in [6, 6.07) is 1.86. The molecule has 0 saturated carbocycles. The Bertz CT molecular complexity index is 503. The summed E-state index contributed by atoms with van der Waals surface area (Å²) in [6.45, 7) is 2.24. The molecule has 15 heavy (non-hydrogen) atoms. The van der Waals surface area contributed by atoms with Gasteiger partial charge in [-0.15, -0.1) is 0 Å². The average Bonchev–Trinajstić information content (AvgIpc) is 2.57. The maximum absolute atomic E-state index is 11.5. The molecule has 2 heterocycles. The fourth-order valence-electron chi connectivity index (χ4n) is 1.41. The van der Waals surface area contributed by atoms with Crippen molar-refractivity contribution < 1.29 is 4.79 Å². The number of fused-ring (bicyclic) bond motifs is 1. The minimum absolute atomic E-state index is 0.0000491. The summed E-state index contributed by atoms with van der Waals surface area (Å²) in [7, 11) is 0. The molecule has 5 heteroatoms. The highest BCUT2D eigenvalue weighted by atomic mass is 16.1. The predicted octanol–water partition coefficient (Wildman–Crippen LogP) is 0.569. The molecule has 0 aliphatic carbocycles. The number of carbonyl (C=O) groups is 1. The molecule has 0 unspecified atom stereocenters. The molecule has 2 aromatic rings. The Balaban J connectivity index is 2.41. The van der Waals surface area contributed by atoms with Gasteiger partial charge in [0, 0.05) is 24.9 Å². The first kappa shape index (κ1) is 9.79. The fraction of sp³-hybridized carbons (Fsp3) is 0.300. The van der Waals surface area contributed by atoms with Gasteiger partial charge in [-0.1, -0.05) is 0 Å². The number of nitrogens with two attached hydrogens (primary N) is 1. The molecule has 78 valence electrons. The van der Waals surface area contributed by atoms with E-state index < -0.39 is 0 Å². The number of carbonyl (C=O) groups excluding carboxylic acids is 1. The molecule has 0 atom stereocenters. The third-order valence-electron chi connectivity index (χ3n) is 2.13. The first-order chi connectivity index (χ1) is 7.20. The van der Waals surface area contributed by atoms with Crippen LogP contribution in [0.25, 0.3) is 5.65 Å². The van der Waals surface area contributed by atoms with Crippen molar-refractivity contribution in [2.75, 3.05) is 6.54 Å². The zero-order chi connectivity index (χ0) is 10.8. The summed E-state index contributed by atoms with van der Waals surface area (Å²) in [5, 5.41) is 4.19. The van der Waals surface area contributed by atoms with Crippen molar-refractivity contribution >= 4 is 11.4 Å². The van der Waals surface area contributed by atoms with Crippen molar-refractivity contribution in [2.45, 2.75) is 13.3 Å². The van der Waals surface area contributed by atoms with E-state index in [4.69, 9.17) is 5.73 Å². The third-order valence-corrected chi connectivity index (χ3v) is 2.13. The van der Waals surface area contributed by atoms with Gasteiger partial charge < -0.3 is 5.73 Å². The molecule has 0 radical (unpaired) electrons. The fourth-order valence-corrected chi connectivity index (χ4v) is 1.41. The maximum Gasteiger partial charge on any atom is 0.167 e. The summed E-state index contributed by atoms with van der Waals surface area (Å²) in [4.78, 5) is 15.7. The third kappa shape index (κ3) is 1.87. The summed E-state index contributed by atoms with van der Waals surface area (Å²) >= 11 is 0. The van der Waals surface area contributed by atoms with Crippen LogP contribution in [0.1, 0.15) is 22.5 Å². The number of nitrogens with zero attached hydrogens (tertiary/aromatic N) is 3. The standard InChI is InChI=1S/C10H12N4O/c1-7-4-10-12-5-8(6-14(10)13-7)9(15)2-3-11/h4-6H,2-3,11H2,1H3. The van der Waals surface area contributed by atoms with E-state index in [1.54, 1.807) is 16.9 Å². The van der Waals surface area contributed by atoms with Crippen molar-refractivity contribution in [3.63, 3.8) is 0 Å². The van der Waals surface area contributed by atoms with Crippen LogP contribution in [0.3, 0.4) is 0 Å². The Kier molecular flexibility index (Phi) is 2.47. The van der Waals surface area contributed by atoms with E-state index in [0.29, 0.717) is 18.5 Å². The lowest BCUT2D eigenvalue weighted by Crippen LogP contribution is -2.09. The van der Waals surface area contributed by atoms with Gasteiger partial charge in [-0.25, -0.2) is 9.50 Å². The van der Waals surface area contributed by atoms with Crippen LogP contribution in [-0.4, -0.2) is 26.9 Å². The number of ketones is 1. The largest absolute Gasteiger partial charge is 0.330 e. The van der Waals surface area contributed by atoms with Gasteiger partial charge in [-0.2, -0.15) is 5.10 Å². The molecule has 2 rings (SSSR count). The Morgan fingerprint density at radius 2 is 2.40 bits per heavy atom. The second-order valence-corrected chi connectivity index (χ2v) is 3.39. The van der Waals surface area contributed by atoms with Crippen molar-refractivity contribution in [3.05, 3.63) is 29.7 Å². The van der Waals surface area contributed by atoms with Crippen molar-refractivity contribution in [2.24, 2.45) is 5.73 Å². The Hall–Kier alpha value is -1.75. The van der Waals surface area contributed by atoms with Gasteiger partial charge in [-0.05, 0) is 13.5 Å². The van der Waals surface area contributed by atoms with Crippen LogP contribution in [0.5, 0.6) is 0 Å². The highest BCUT2D eigenvalue weighted by Gasteiger charge is 2.07. The van der Waals surface area contributed by atoms with E-state index >= 15 is 0 Å². The molecule has 0 bridgehead atoms. The molecule has 2 N–H and O–H groups in total. The van der Waals surface area contributed by atoms with Gasteiger partial charge in [-0.3, -0.25) is 4.79 Å². The van der Waals surface area contributed by atoms with E-state index in [1.165, 1.54) is 0 Å². The number of Topliss-reactive ketones (excluding diaryl/α,β-unsaturated/α-hetero) is 1. The maximum atomic E-state index is 11.5. The molecule has 0 saturated heterocycles. The van der Waals surface area contributed by atoms with Crippen molar-refractivity contribution in [1.82, 2.24) is 14.6 Å². The van der Waals surface area contributed by atoms with E-state index in [2.05, 4.69) is 10.1 Å².